The minimum absolute atomic E-state index is 0.00970. The summed E-state index contributed by atoms with van der Waals surface area (Å²) in [6.45, 7) is 0.958. The molecule has 0 spiro atoms. The van der Waals surface area contributed by atoms with Crippen LogP contribution in [0, 0.1) is 0 Å². The molecule has 1 aromatic carbocycles. The molecule has 4 N–H and O–H groups in total. The van der Waals surface area contributed by atoms with Gasteiger partial charge in [-0.05, 0) is 25.1 Å². The molecule has 8 nitrogen and oxygen atoms in total. The van der Waals surface area contributed by atoms with Crippen molar-refractivity contribution < 1.29 is 18.3 Å². The third-order valence-electron chi connectivity index (χ3n) is 6.33. The molecule has 5 aromatic rings. The Bertz CT molecular complexity index is 1570. The maximum atomic E-state index is 13.9. The van der Waals surface area contributed by atoms with E-state index < -0.39 is 23.9 Å². The van der Waals surface area contributed by atoms with Crippen LogP contribution in [0.4, 0.5) is 19.0 Å². The summed E-state index contributed by atoms with van der Waals surface area (Å²) < 4.78 is 41.8. The molecule has 1 aliphatic heterocycles. The van der Waals surface area contributed by atoms with E-state index in [4.69, 9.17) is 0 Å². The molecule has 1 fully saturated rings. The number of hydrogen-bond acceptors (Lipinski definition) is 7. The van der Waals surface area contributed by atoms with Gasteiger partial charge >= 0.3 is 6.18 Å². The molecule has 4 aromatic heterocycles. The quantitative estimate of drug-likeness (QED) is 0.311. The number of anilines is 1. The first-order valence-corrected chi connectivity index (χ1v) is 11.1. The number of aromatic nitrogens is 5. The highest BCUT2D eigenvalue weighted by molar-refractivity contribution is 6.12. The van der Waals surface area contributed by atoms with Crippen molar-refractivity contribution in [2.75, 3.05) is 18.4 Å². The maximum absolute atomic E-state index is 13.9. The van der Waals surface area contributed by atoms with Crippen LogP contribution >= 0.6 is 0 Å². The second-order valence-corrected chi connectivity index (χ2v) is 8.54. The number of para-hydroxylation sites is 1. The number of benzene rings is 1. The van der Waals surface area contributed by atoms with Crippen molar-refractivity contribution in [1.82, 2.24) is 30.2 Å². The predicted molar refractivity (Wildman–Crippen MR) is 126 cm³/mol. The summed E-state index contributed by atoms with van der Waals surface area (Å²) in [5.74, 6) is 0.247. The summed E-state index contributed by atoms with van der Waals surface area (Å²) in [5, 5.41) is 18.1. The van der Waals surface area contributed by atoms with Crippen molar-refractivity contribution in [1.29, 1.82) is 0 Å². The second-order valence-electron chi connectivity index (χ2n) is 8.54. The van der Waals surface area contributed by atoms with Crippen LogP contribution < -0.4 is 10.6 Å². The Morgan fingerprint density at radius 2 is 1.91 bits per heavy atom. The van der Waals surface area contributed by atoms with Gasteiger partial charge in [-0.15, -0.1) is 0 Å². The average Bonchev–Trinajstić information content (AvgIpc) is 3.23. The number of H-pyrrole nitrogens is 1. The number of rotatable bonds is 3. The van der Waals surface area contributed by atoms with Crippen LogP contribution in [-0.4, -0.2) is 55.3 Å². The first-order valence-electron chi connectivity index (χ1n) is 11.1. The van der Waals surface area contributed by atoms with Gasteiger partial charge in [-0.25, -0.2) is 15.0 Å². The van der Waals surface area contributed by atoms with Crippen molar-refractivity contribution in [3.63, 3.8) is 0 Å². The van der Waals surface area contributed by atoms with E-state index in [1.165, 1.54) is 6.20 Å². The van der Waals surface area contributed by atoms with Crippen LogP contribution in [0.2, 0.25) is 0 Å². The van der Waals surface area contributed by atoms with Crippen molar-refractivity contribution in [3.05, 3.63) is 54.5 Å². The zero-order valence-corrected chi connectivity index (χ0v) is 18.3. The lowest BCUT2D eigenvalue weighted by molar-refractivity contribution is -0.136. The van der Waals surface area contributed by atoms with E-state index in [0.29, 0.717) is 30.7 Å². The molecule has 0 radical (unpaired) electrons. The predicted octanol–water partition coefficient (Wildman–Crippen LogP) is 3.87. The van der Waals surface area contributed by atoms with Gasteiger partial charge in [0.15, 0.2) is 5.82 Å². The summed E-state index contributed by atoms with van der Waals surface area (Å²) in [4.78, 5) is 20.6. The van der Waals surface area contributed by atoms with Gasteiger partial charge in [0.1, 0.15) is 11.5 Å². The highest BCUT2D eigenvalue weighted by Crippen LogP contribution is 2.39. The normalized spacial score (nSPS) is 19.0. The molecule has 0 amide bonds. The molecule has 6 rings (SSSR count). The fourth-order valence-electron chi connectivity index (χ4n) is 4.66. The summed E-state index contributed by atoms with van der Waals surface area (Å²) in [5.41, 5.74) is 1.25. The third-order valence-corrected chi connectivity index (χ3v) is 6.33. The molecular formula is C24H20F3N7O. The van der Waals surface area contributed by atoms with E-state index in [2.05, 4.69) is 35.6 Å². The number of nitrogens with zero attached hydrogens (tertiary/aromatic N) is 4. The van der Waals surface area contributed by atoms with Gasteiger partial charge in [0, 0.05) is 40.8 Å². The zero-order valence-electron chi connectivity index (χ0n) is 18.3. The van der Waals surface area contributed by atoms with E-state index in [9.17, 15) is 18.3 Å². The van der Waals surface area contributed by atoms with E-state index in [-0.39, 0.29) is 22.5 Å². The van der Waals surface area contributed by atoms with E-state index in [0.717, 1.165) is 22.5 Å². The van der Waals surface area contributed by atoms with Crippen molar-refractivity contribution in [2.45, 2.75) is 24.7 Å². The minimum Gasteiger partial charge on any atom is -0.390 e. The van der Waals surface area contributed by atoms with Crippen molar-refractivity contribution >= 4 is 38.7 Å². The summed E-state index contributed by atoms with van der Waals surface area (Å²) >= 11 is 0. The molecule has 0 aliphatic carbocycles. The van der Waals surface area contributed by atoms with Gasteiger partial charge in [0.2, 0.25) is 0 Å². The van der Waals surface area contributed by atoms with Crippen LogP contribution in [0.3, 0.4) is 0 Å². The largest absolute Gasteiger partial charge is 0.418 e. The Hall–Kier alpha value is -3.83. The lowest BCUT2D eigenvalue weighted by atomic mass is 10.0. The number of nitrogens with one attached hydrogen (secondary N) is 3. The second kappa shape index (κ2) is 8.14. The Morgan fingerprint density at radius 3 is 2.74 bits per heavy atom. The molecule has 1 saturated heterocycles. The van der Waals surface area contributed by atoms with Gasteiger partial charge in [-0.3, -0.25) is 4.98 Å². The van der Waals surface area contributed by atoms with E-state index in [1.54, 1.807) is 12.3 Å². The highest BCUT2D eigenvalue weighted by atomic mass is 19.4. The van der Waals surface area contributed by atoms with Gasteiger partial charge in [-0.2, -0.15) is 13.2 Å². The molecule has 1 aliphatic rings. The Labute approximate surface area is 196 Å². The number of piperidine rings is 1. The Balaban J connectivity index is 1.61. The van der Waals surface area contributed by atoms with Gasteiger partial charge < -0.3 is 20.7 Å². The number of fused-ring (bicyclic) bond motifs is 4. The SMILES string of the molecule is O[C@H]1CNCC[C@H]1Nc1nc(-c2ccnc3[nH]c4ccccc4c23)nc2cncc(C(F)(F)F)c12. The van der Waals surface area contributed by atoms with Crippen LogP contribution in [0.15, 0.2) is 48.9 Å². The van der Waals surface area contributed by atoms with Gasteiger partial charge in [0.25, 0.3) is 0 Å². The summed E-state index contributed by atoms with van der Waals surface area (Å²) in [7, 11) is 0. The van der Waals surface area contributed by atoms with E-state index in [1.807, 2.05) is 24.3 Å². The number of aliphatic hydroxyl groups excluding tert-OH is 1. The fraction of sp³-hybridized carbons (Fsp3) is 0.250. The number of β-amino-alcohol motifs (C(OH)–C–C–N with tert-alkyl or cyclic N) is 1. The van der Waals surface area contributed by atoms with Crippen LogP contribution in [0.5, 0.6) is 0 Å². The standard InChI is InChI=1S/C24H20F3N7O/c25-24(26,27)14-9-29-10-17-20(14)23(32-16-6-7-28-11-18(16)35)34-21(33-17)13-5-8-30-22-19(13)12-3-1-2-4-15(12)31-22/h1-5,8-10,16,18,28,35H,6-7,11H2,(H,30,31)(H,32,33,34)/t16-,18+/m1/s1. The lowest BCUT2D eigenvalue weighted by Crippen LogP contribution is -2.47. The average molecular weight is 479 g/mol. The van der Waals surface area contributed by atoms with Gasteiger partial charge in [0.05, 0.1) is 34.8 Å². The molecule has 0 saturated carbocycles. The first-order chi connectivity index (χ1) is 16.9. The molecule has 2 atom stereocenters. The molecule has 35 heavy (non-hydrogen) atoms. The molecule has 178 valence electrons. The number of aliphatic hydroxyl groups is 1. The Morgan fingerprint density at radius 1 is 1.06 bits per heavy atom. The monoisotopic (exact) mass is 479 g/mol. The fourth-order valence-corrected chi connectivity index (χ4v) is 4.66. The van der Waals surface area contributed by atoms with Crippen LogP contribution in [-0.2, 0) is 6.18 Å². The third kappa shape index (κ3) is 3.72. The summed E-state index contributed by atoms with van der Waals surface area (Å²) in [6.07, 6.45) is -1.23. The van der Waals surface area contributed by atoms with Crippen molar-refractivity contribution in [2.24, 2.45) is 0 Å². The number of halogens is 3. The lowest BCUT2D eigenvalue weighted by Gasteiger charge is -2.30. The minimum atomic E-state index is -4.65. The first kappa shape index (κ1) is 21.7. The molecule has 5 heterocycles. The van der Waals surface area contributed by atoms with Crippen LogP contribution in [0.1, 0.15) is 12.0 Å². The number of pyridine rings is 2. The molecule has 0 unspecified atom stereocenters. The molecule has 11 heteroatoms. The zero-order chi connectivity index (χ0) is 24.2. The molecule has 0 bridgehead atoms. The summed E-state index contributed by atoms with van der Waals surface area (Å²) in [6, 6.07) is 8.94. The van der Waals surface area contributed by atoms with Crippen molar-refractivity contribution in [3.8, 4) is 11.4 Å². The topological polar surface area (TPSA) is 112 Å². The maximum Gasteiger partial charge on any atom is 0.418 e. The number of alkyl halides is 3. The molecular weight excluding hydrogens is 459 g/mol. The number of hydrogen-bond donors (Lipinski definition) is 4. The number of aromatic amines is 1. The smallest absolute Gasteiger partial charge is 0.390 e. The Kier molecular flexibility index (Phi) is 5.04. The van der Waals surface area contributed by atoms with E-state index >= 15 is 0 Å². The highest BCUT2D eigenvalue weighted by Gasteiger charge is 2.36. The van der Waals surface area contributed by atoms with Gasteiger partial charge in [-0.1, -0.05) is 18.2 Å². The van der Waals surface area contributed by atoms with Crippen LogP contribution in [0.25, 0.3) is 44.2 Å².